The Morgan fingerprint density at radius 2 is 1.72 bits per heavy atom. The lowest BCUT2D eigenvalue weighted by Crippen LogP contribution is -2.27. The summed E-state index contributed by atoms with van der Waals surface area (Å²) in [5.41, 5.74) is 0. The van der Waals surface area contributed by atoms with E-state index in [-0.39, 0.29) is 0 Å². The Bertz CT molecular complexity index is 381. The standard InChI is InChI=1S/C16H24O2/c1-7(17-2)8-3-4-9-10(8)5-11-12-6-13(14(9)11)16-15(12)18-16/h7-16H,3-6H2,1-2H3. The van der Waals surface area contributed by atoms with Crippen LogP contribution in [0, 0.1) is 41.4 Å². The molecule has 0 aromatic rings. The van der Waals surface area contributed by atoms with Crippen LogP contribution in [0.5, 0.6) is 0 Å². The first kappa shape index (κ1) is 10.7. The molecule has 0 N–H and O–H groups in total. The molecule has 5 rings (SSSR count). The van der Waals surface area contributed by atoms with Crippen molar-refractivity contribution in [3.8, 4) is 0 Å². The minimum absolute atomic E-state index is 0.474. The van der Waals surface area contributed by atoms with E-state index < -0.39 is 0 Å². The quantitative estimate of drug-likeness (QED) is 0.701. The maximum absolute atomic E-state index is 5.90. The van der Waals surface area contributed by atoms with E-state index in [2.05, 4.69) is 6.92 Å². The average molecular weight is 248 g/mol. The largest absolute Gasteiger partial charge is 0.381 e. The Kier molecular flexibility index (Phi) is 1.97. The number of epoxide rings is 1. The van der Waals surface area contributed by atoms with Crippen LogP contribution in [-0.4, -0.2) is 25.4 Å². The molecule has 5 aliphatic rings. The monoisotopic (exact) mass is 248 g/mol. The molecule has 2 heteroatoms. The lowest BCUT2D eigenvalue weighted by atomic mass is 9.77. The molecule has 0 aromatic heterocycles. The van der Waals surface area contributed by atoms with Crippen LogP contribution in [0.2, 0.25) is 0 Å². The van der Waals surface area contributed by atoms with Gasteiger partial charge in [0.25, 0.3) is 0 Å². The zero-order valence-electron chi connectivity index (χ0n) is 11.4. The van der Waals surface area contributed by atoms with Gasteiger partial charge in [-0.2, -0.15) is 0 Å². The third kappa shape index (κ3) is 1.09. The molecule has 4 aliphatic carbocycles. The molecule has 0 spiro atoms. The number of hydrogen-bond acceptors (Lipinski definition) is 2. The summed E-state index contributed by atoms with van der Waals surface area (Å²) >= 11 is 0. The maximum Gasteiger partial charge on any atom is 0.0875 e. The molecule has 10 atom stereocenters. The van der Waals surface area contributed by atoms with Crippen LogP contribution in [0.1, 0.15) is 32.6 Å². The highest BCUT2D eigenvalue weighted by atomic mass is 16.6. The van der Waals surface area contributed by atoms with Crippen molar-refractivity contribution in [2.45, 2.75) is 50.9 Å². The molecule has 100 valence electrons. The van der Waals surface area contributed by atoms with Gasteiger partial charge in [-0.25, -0.2) is 0 Å². The summed E-state index contributed by atoms with van der Waals surface area (Å²) < 4.78 is 11.5. The summed E-state index contributed by atoms with van der Waals surface area (Å²) in [5.74, 6) is 6.84. The molecule has 1 heterocycles. The van der Waals surface area contributed by atoms with Gasteiger partial charge in [0.2, 0.25) is 0 Å². The van der Waals surface area contributed by atoms with Gasteiger partial charge in [0.05, 0.1) is 18.3 Å². The summed E-state index contributed by atoms with van der Waals surface area (Å²) in [7, 11) is 1.89. The molecular weight excluding hydrogens is 224 g/mol. The topological polar surface area (TPSA) is 21.8 Å². The van der Waals surface area contributed by atoms with E-state index in [1.54, 1.807) is 0 Å². The highest BCUT2D eigenvalue weighted by Crippen LogP contribution is 2.71. The van der Waals surface area contributed by atoms with Crippen molar-refractivity contribution in [3.63, 3.8) is 0 Å². The fourth-order valence-electron chi connectivity index (χ4n) is 6.80. The van der Waals surface area contributed by atoms with Crippen molar-refractivity contribution in [2.24, 2.45) is 41.4 Å². The number of rotatable bonds is 2. The number of fused-ring (bicyclic) bond motifs is 10. The Hall–Kier alpha value is -0.0800. The van der Waals surface area contributed by atoms with Gasteiger partial charge in [-0.15, -0.1) is 0 Å². The summed E-state index contributed by atoms with van der Waals surface area (Å²) in [4.78, 5) is 0. The molecule has 2 nitrogen and oxygen atoms in total. The van der Waals surface area contributed by atoms with Gasteiger partial charge in [-0.1, -0.05) is 0 Å². The van der Waals surface area contributed by atoms with Crippen LogP contribution in [0.15, 0.2) is 0 Å². The normalized spacial score (nSPS) is 64.7. The molecule has 1 aliphatic heterocycles. The van der Waals surface area contributed by atoms with E-state index in [4.69, 9.17) is 9.47 Å². The molecule has 5 fully saturated rings. The molecule has 0 radical (unpaired) electrons. The molecule has 1 saturated heterocycles. The lowest BCUT2D eigenvalue weighted by Gasteiger charge is -2.26. The number of ether oxygens (including phenoxy) is 2. The van der Waals surface area contributed by atoms with Crippen LogP contribution in [0.25, 0.3) is 0 Å². The highest BCUT2D eigenvalue weighted by Gasteiger charge is 2.71. The average Bonchev–Trinajstić information content (AvgIpc) is 2.73. The van der Waals surface area contributed by atoms with Crippen molar-refractivity contribution >= 4 is 0 Å². The molecule has 0 amide bonds. The van der Waals surface area contributed by atoms with E-state index in [1.165, 1.54) is 25.7 Å². The number of methoxy groups -OCH3 is 1. The minimum Gasteiger partial charge on any atom is -0.381 e. The van der Waals surface area contributed by atoms with Crippen molar-refractivity contribution in [2.75, 3.05) is 7.11 Å². The summed E-state index contributed by atoms with van der Waals surface area (Å²) in [6.07, 6.45) is 7.79. The van der Waals surface area contributed by atoms with Gasteiger partial charge < -0.3 is 9.47 Å². The Labute approximate surface area is 109 Å². The van der Waals surface area contributed by atoms with Gasteiger partial charge in [-0.3, -0.25) is 0 Å². The highest BCUT2D eigenvalue weighted by molar-refractivity contribution is 5.19. The van der Waals surface area contributed by atoms with E-state index in [0.717, 1.165) is 41.4 Å². The Morgan fingerprint density at radius 3 is 2.56 bits per heavy atom. The fourth-order valence-corrected chi connectivity index (χ4v) is 6.80. The van der Waals surface area contributed by atoms with Crippen LogP contribution < -0.4 is 0 Å². The van der Waals surface area contributed by atoms with Crippen molar-refractivity contribution in [1.29, 1.82) is 0 Å². The van der Waals surface area contributed by atoms with Crippen molar-refractivity contribution in [3.05, 3.63) is 0 Å². The summed E-state index contributed by atoms with van der Waals surface area (Å²) in [5, 5.41) is 0. The second-order valence-corrected chi connectivity index (χ2v) is 7.62. The van der Waals surface area contributed by atoms with E-state index in [1.807, 2.05) is 7.11 Å². The van der Waals surface area contributed by atoms with Crippen molar-refractivity contribution in [1.82, 2.24) is 0 Å². The van der Waals surface area contributed by atoms with E-state index in [0.29, 0.717) is 18.3 Å². The molecule has 18 heavy (non-hydrogen) atoms. The first-order valence-electron chi connectivity index (χ1n) is 7.98. The van der Waals surface area contributed by atoms with E-state index >= 15 is 0 Å². The summed E-state index contributed by atoms with van der Waals surface area (Å²) in [6.45, 7) is 2.29. The number of hydrogen-bond donors (Lipinski definition) is 0. The van der Waals surface area contributed by atoms with Gasteiger partial charge in [0.1, 0.15) is 0 Å². The lowest BCUT2D eigenvalue weighted by molar-refractivity contribution is 0.0450. The third-order valence-electron chi connectivity index (χ3n) is 7.44. The second kappa shape index (κ2) is 3.32. The van der Waals surface area contributed by atoms with Crippen LogP contribution in [0.4, 0.5) is 0 Å². The maximum atomic E-state index is 5.90. The molecule has 10 unspecified atom stereocenters. The van der Waals surface area contributed by atoms with Gasteiger partial charge in [-0.05, 0) is 74.0 Å². The zero-order chi connectivity index (χ0) is 12.0. The smallest absolute Gasteiger partial charge is 0.0875 e. The van der Waals surface area contributed by atoms with Crippen LogP contribution in [-0.2, 0) is 9.47 Å². The van der Waals surface area contributed by atoms with Gasteiger partial charge in [0, 0.05) is 7.11 Å². The molecule has 0 aromatic carbocycles. The predicted molar refractivity (Wildman–Crippen MR) is 68.0 cm³/mol. The Balaban J connectivity index is 1.43. The first-order chi connectivity index (χ1) is 8.79. The minimum atomic E-state index is 0.474. The third-order valence-corrected chi connectivity index (χ3v) is 7.44. The van der Waals surface area contributed by atoms with Gasteiger partial charge in [0.15, 0.2) is 0 Å². The van der Waals surface area contributed by atoms with Crippen LogP contribution in [0.3, 0.4) is 0 Å². The molecule has 2 bridgehead atoms. The SMILES string of the molecule is COC(C)C1CCC2C1CC1C3CC(C4OC34)C21. The van der Waals surface area contributed by atoms with Crippen LogP contribution >= 0.6 is 0 Å². The summed E-state index contributed by atoms with van der Waals surface area (Å²) in [6, 6.07) is 0. The first-order valence-corrected chi connectivity index (χ1v) is 7.98. The van der Waals surface area contributed by atoms with E-state index in [9.17, 15) is 0 Å². The fraction of sp³-hybridized carbons (Fsp3) is 1.00. The second-order valence-electron chi connectivity index (χ2n) is 7.62. The van der Waals surface area contributed by atoms with Crippen molar-refractivity contribution < 1.29 is 9.47 Å². The van der Waals surface area contributed by atoms with Gasteiger partial charge >= 0.3 is 0 Å². The zero-order valence-corrected chi connectivity index (χ0v) is 11.4. The predicted octanol–water partition coefficient (Wildman–Crippen LogP) is 2.72. The molecular formula is C16H24O2. The molecule has 4 saturated carbocycles. The Morgan fingerprint density at radius 1 is 0.944 bits per heavy atom.